The highest BCUT2D eigenvalue weighted by Crippen LogP contribution is 2.33. The number of benzene rings is 1. The van der Waals surface area contributed by atoms with Gasteiger partial charge in [0, 0.05) is 37.2 Å². The Hall–Kier alpha value is -3.61. The fraction of sp³-hybridized carbons (Fsp3) is 0.105. The zero-order valence-corrected chi connectivity index (χ0v) is 14.4. The third kappa shape index (κ3) is 2.90. The standard InChI is InChI=1S/C19H18N6O/c1-25(2)13-5-3-4-12(8-13)24-19-17-15(10-21-18(17)22-11-23-19)16-7-6-14(26)9-20-16/h3-11,26H,1-2H3,(H2,21,22,23,24). The zero-order chi connectivity index (χ0) is 18.1. The molecule has 1 aromatic carbocycles. The first kappa shape index (κ1) is 15.9. The first-order chi connectivity index (χ1) is 12.6. The minimum atomic E-state index is 0.128. The molecule has 0 aliphatic carbocycles. The van der Waals surface area contributed by atoms with Gasteiger partial charge in [-0.1, -0.05) is 6.07 Å². The normalized spacial score (nSPS) is 10.8. The summed E-state index contributed by atoms with van der Waals surface area (Å²) in [6, 6.07) is 11.5. The van der Waals surface area contributed by atoms with Crippen molar-refractivity contribution >= 4 is 28.2 Å². The molecule has 0 bridgehead atoms. The minimum Gasteiger partial charge on any atom is -0.506 e. The van der Waals surface area contributed by atoms with E-state index in [2.05, 4.69) is 31.3 Å². The highest BCUT2D eigenvalue weighted by molar-refractivity contribution is 6.01. The van der Waals surface area contributed by atoms with Crippen LogP contribution in [-0.2, 0) is 0 Å². The van der Waals surface area contributed by atoms with Crippen LogP contribution in [0.2, 0.25) is 0 Å². The first-order valence-corrected chi connectivity index (χ1v) is 8.14. The molecule has 3 heterocycles. The quantitative estimate of drug-likeness (QED) is 0.524. The summed E-state index contributed by atoms with van der Waals surface area (Å²) in [4.78, 5) is 18.2. The van der Waals surface area contributed by atoms with Gasteiger partial charge in [-0.05, 0) is 30.3 Å². The van der Waals surface area contributed by atoms with Crippen molar-refractivity contribution in [3.05, 3.63) is 55.1 Å². The molecule has 0 saturated heterocycles. The third-order valence-electron chi connectivity index (χ3n) is 4.12. The van der Waals surface area contributed by atoms with Crippen molar-refractivity contribution in [3.8, 4) is 17.0 Å². The minimum absolute atomic E-state index is 0.128. The largest absolute Gasteiger partial charge is 0.506 e. The van der Waals surface area contributed by atoms with Gasteiger partial charge in [-0.3, -0.25) is 4.98 Å². The van der Waals surface area contributed by atoms with Crippen molar-refractivity contribution in [2.45, 2.75) is 0 Å². The Morgan fingerprint density at radius 2 is 1.96 bits per heavy atom. The first-order valence-electron chi connectivity index (χ1n) is 8.14. The summed E-state index contributed by atoms with van der Waals surface area (Å²) in [5, 5.41) is 13.7. The molecule has 0 saturated carbocycles. The second-order valence-corrected chi connectivity index (χ2v) is 6.12. The number of aromatic amines is 1. The number of H-pyrrole nitrogens is 1. The molecule has 4 aromatic rings. The van der Waals surface area contributed by atoms with E-state index in [0.717, 1.165) is 33.7 Å². The fourth-order valence-electron chi connectivity index (χ4n) is 2.80. The van der Waals surface area contributed by atoms with Gasteiger partial charge < -0.3 is 20.3 Å². The molecule has 0 aliphatic heterocycles. The molecule has 0 amide bonds. The van der Waals surface area contributed by atoms with Crippen LogP contribution in [0.3, 0.4) is 0 Å². The molecule has 26 heavy (non-hydrogen) atoms. The number of rotatable bonds is 4. The number of aromatic nitrogens is 4. The number of aromatic hydroxyl groups is 1. The molecular formula is C19H18N6O. The number of hydrogen-bond donors (Lipinski definition) is 3. The lowest BCUT2D eigenvalue weighted by Crippen LogP contribution is -2.08. The van der Waals surface area contributed by atoms with Crippen LogP contribution < -0.4 is 10.2 Å². The Balaban J connectivity index is 1.79. The van der Waals surface area contributed by atoms with E-state index in [4.69, 9.17) is 0 Å². The molecule has 4 rings (SSSR count). The van der Waals surface area contributed by atoms with Gasteiger partial charge in [0.05, 0.1) is 17.3 Å². The van der Waals surface area contributed by atoms with Crippen LogP contribution in [0.4, 0.5) is 17.2 Å². The molecule has 3 N–H and O–H groups in total. The van der Waals surface area contributed by atoms with Gasteiger partial charge in [0.2, 0.25) is 0 Å². The Bertz CT molecular complexity index is 1060. The second kappa shape index (κ2) is 6.36. The van der Waals surface area contributed by atoms with Gasteiger partial charge in [-0.15, -0.1) is 0 Å². The van der Waals surface area contributed by atoms with E-state index in [1.54, 1.807) is 12.1 Å². The Morgan fingerprint density at radius 1 is 1.08 bits per heavy atom. The van der Waals surface area contributed by atoms with Gasteiger partial charge in [-0.2, -0.15) is 0 Å². The molecule has 0 spiro atoms. The molecule has 3 aromatic heterocycles. The summed E-state index contributed by atoms with van der Waals surface area (Å²) in [6.07, 6.45) is 4.79. The number of nitrogens with one attached hydrogen (secondary N) is 2. The number of nitrogens with zero attached hydrogens (tertiary/aromatic N) is 4. The van der Waals surface area contributed by atoms with Crippen molar-refractivity contribution in [1.82, 2.24) is 19.9 Å². The van der Waals surface area contributed by atoms with E-state index in [-0.39, 0.29) is 5.75 Å². The van der Waals surface area contributed by atoms with Crippen LogP contribution in [0.15, 0.2) is 55.1 Å². The number of fused-ring (bicyclic) bond motifs is 1. The Kier molecular flexibility index (Phi) is 3.89. The molecule has 0 unspecified atom stereocenters. The van der Waals surface area contributed by atoms with Crippen molar-refractivity contribution in [2.24, 2.45) is 0 Å². The fourth-order valence-corrected chi connectivity index (χ4v) is 2.80. The topological polar surface area (TPSA) is 90.0 Å². The van der Waals surface area contributed by atoms with E-state index in [0.29, 0.717) is 5.82 Å². The summed E-state index contributed by atoms with van der Waals surface area (Å²) in [7, 11) is 4.01. The van der Waals surface area contributed by atoms with Crippen LogP contribution in [0.25, 0.3) is 22.3 Å². The van der Waals surface area contributed by atoms with Gasteiger partial charge in [0.15, 0.2) is 0 Å². The van der Waals surface area contributed by atoms with Crippen LogP contribution >= 0.6 is 0 Å². The number of hydrogen-bond acceptors (Lipinski definition) is 6. The van der Waals surface area contributed by atoms with Crippen molar-refractivity contribution in [2.75, 3.05) is 24.3 Å². The monoisotopic (exact) mass is 346 g/mol. The lowest BCUT2D eigenvalue weighted by atomic mass is 10.1. The maximum absolute atomic E-state index is 9.48. The molecular weight excluding hydrogens is 328 g/mol. The van der Waals surface area contributed by atoms with Crippen molar-refractivity contribution in [1.29, 1.82) is 0 Å². The van der Waals surface area contributed by atoms with E-state index >= 15 is 0 Å². The van der Waals surface area contributed by atoms with Gasteiger partial charge in [0.25, 0.3) is 0 Å². The van der Waals surface area contributed by atoms with Crippen LogP contribution in [-0.4, -0.2) is 39.1 Å². The molecule has 130 valence electrons. The van der Waals surface area contributed by atoms with Gasteiger partial charge in [0.1, 0.15) is 23.5 Å². The molecule has 0 atom stereocenters. The summed E-state index contributed by atoms with van der Waals surface area (Å²) in [5.41, 5.74) is 4.34. The number of anilines is 3. The van der Waals surface area contributed by atoms with Crippen LogP contribution in [0.1, 0.15) is 0 Å². The molecule has 0 aliphatic rings. The summed E-state index contributed by atoms with van der Waals surface area (Å²) < 4.78 is 0. The van der Waals surface area contributed by atoms with Crippen molar-refractivity contribution in [3.63, 3.8) is 0 Å². The lowest BCUT2D eigenvalue weighted by molar-refractivity contribution is 0.473. The third-order valence-corrected chi connectivity index (χ3v) is 4.12. The Labute approximate surface area is 150 Å². The molecule has 7 heteroatoms. The zero-order valence-electron chi connectivity index (χ0n) is 14.4. The van der Waals surface area contributed by atoms with E-state index in [1.165, 1.54) is 12.5 Å². The van der Waals surface area contributed by atoms with Crippen LogP contribution in [0, 0.1) is 0 Å². The predicted octanol–water partition coefficient (Wildman–Crippen LogP) is 3.54. The molecule has 0 fully saturated rings. The summed E-state index contributed by atoms with van der Waals surface area (Å²) in [5.74, 6) is 0.820. The Morgan fingerprint density at radius 3 is 2.73 bits per heavy atom. The van der Waals surface area contributed by atoms with Gasteiger partial charge in [-0.25, -0.2) is 9.97 Å². The predicted molar refractivity (Wildman–Crippen MR) is 103 cm³/mol. The van der Waals surface area contributed by atoms with Gasteiger partial charge >= 0.3 is 0 Å². The van der Waals surface area contributed by atoms with E-state index < -0.39 is 0 Å². The SMILES string of the molecule is CN(C)c1cccc(Nc2ncnc3[nH]cc(-c4ccc(O)cn4)c23)c1. The van der Waals surface area contributed by atoms with E-state index in [1.807, 2.05) is 43.4 Å². The maximum atomic E-state index is 9.48. The average molecular weight is 346 g/mol. The van der Waals surface area contributed by atoms with Crippen LogP contribution in [0.5, 0.6) is 5.75 Å². The lowest BCUT2D eigenvalue weighted by Gasteiger charge is -2.14. The molecule has 7 nitrogen and oxygen atoms in total. The molecule has 0 radical (unpaired) electrons. The summed E-state index contributed by atoms with van der Waals surface area (Å²) in [6.45, 7) is 0. The highest BCUT2D eigenvalue weighted by Gasteiger charge is 2.14. The maximum Gasteiger partial charge on any atom is 0.144 e. The average Bonchev–Trinajstić information content (AvgIpc) is 3.08. The van der Waals surface area contributed by atoms with E-state index in [9.17, 15) is 5.11 Å². The smallest absolute Gasteiger partial charge is 0.144 e. The summed E-state index contributed by atoms with van der Waals surface area (Å²) >= 11 is 0. The van der Waals surface area contributed by atoms with Crippen molar-refractivity contribution < 1.29 is 5.11 Å². The highest BCUT2D eigenvalue weighted by atomic mass is 16.3. The second-order valence-electron chi connectivity index (χ2n) is 6.12. The number of pyridine rings is 1.